The fourth-order valence-corrected chi connectivity index (χ4v) is 1.61. The lowest BCUT2D eigenvalue weighted by Crippen LogP contribution is -2.00. The molecule has 0 saturated heterocycles. The zero-order valence-electron chi connectivity index (χ0n) is 10.0. The monoisotopic (exact) mass is 244 g/mol. The lowest BCUT2D eigenvalue weighted by atomic mass is 10.1. The molecule has 0 amide bonds. The van der Waals surface area contributed by atoms with Gasteiger partial charge < -0.3 is 4.74 Å². The molecule has 2 nitrogen and oxygen atoms in total. The van der Waals surface area contributed by atoms with Gasteiger partial charge in [0.2, 0.25) is 0 Å². The number of hydrogen-bond acceptors (Lipinski definition) is 2. The highest BCUT2D eigenvalue weighted by atomic mass is 19.1. The second-order valence-electron chi connectivity index (χ2n) is 4.05. The molecule has 2 rings (SSSR count). The Hall–Kier alpha value is -2.16. The molecule has 3 heteroatoms. The van der Waals surface area contributed by atoms with E-state index in [-0.39, 0.29) is 17.9 Å². The molecular weight excluding hydrogens is 231 g/mol. The molecule has 0 bridgehead atoms. The van der Waals surface area contributed by atoms with E-state index in [1.54, 1.807) is 0 Å². The number of rotatable bonds is 4. The van der Waals surface area contributed by atoms with Crippen molar-refractivity contribution in [3.8, 4) is 5.75 Å². The van der Waals surface area contributed by atoms with Crippen molar-refractivity contribution in [3.05, 3.63) is 65.0 Å². The van der Waals surface area contributed by atoms with Crippen LogP contribution in [0, 0.1) is 12.7 Å². The molecule has 0 spiro atoms. The fourth-order valence-electron chi connectivity index (χ4n) is 1.61. The second kappa shape index (κ2) is 5.45. The molecule has 0 aliphatic carbocycles. The normalized spacial score (nSPS) is 10.1. The maximum Gasteiger partial charge on any atom is 0.165 e. The molecule has 0 aliphatic rings. The summed E-state index contributed by atoms with van der Waals surface area (Å²) in [5.74, 6) is -0.514. The van der Waals surface area contributed by atoms with Crippen molar-refractivity contribution in [2.45, 2.75) is 13.5 Å². The van der Waals surface area contributed by atoms with Crippen LogP contribution in [0.2, 0.25) is 0 Å². The van der Waals surface area contributed by atoms with Crippen molar-refractivity contribution in [2.75, 3.05) is 0 Å². The van der Waals surface area contributed by atoms with E-state index in [1.807, 2.05) is 31.2 Å². The number of hydrogen-bond donors (Lipinski definition) is 0. The van der Waals surface area contributed by atoms with Crippen LogP contribution in [0.5, 0.6) is 5.75 Å². The maximum atomic E-state index is 13.5. The number of para-hydroxylation sites is 1. The highest BCUT2D eigenvalue weighted by Gasteiger charge is 2.09. The first-order valence-corrected chi connectivity index (χ1v) is 5.63. The van der Waals surface area contributed by atoms with Crippen molar-refractivity contribution >= 4 is 6.29 Å². The third kappa shape index (κ3) is 2.74. The summed E-state index contributed by atoms with van der Waals surface area (Å²) in [5, 5.41) is 0. The first-order chi connectivity index (χ1) is 8.70. The number of aldehydes is 1. The molecule has 92 valence electrons. The van der Waals surface area contributed by atoms with E-state index in [1.165, 1.54) is 18.2 Å². The van der Waals surface area contributed by atoms with E-state index in [0.717, 1.165) is 11.1 Å². The Morgan fingerprint density at radius 2 is 1.89 bits per heavy atom. The van der Waals surface area contributed by atoms with Crippen molar-refractivity contribution in [3.63, 3.8) is 0 Å². The summed E-state index contributed by atoms with van der Waals surface area (Å²) in [6, 6.07) is 12.0. The van der Waals surface area contributed by atoms with Gasteiger partial charge in [-0.3, -0.25) is 4.79 Å². The van der Waals surface area contributed by atoms with Crippen LogP contribution in [0.25, 0.3) is 0 Å². The van der Waals surface area contributed by atoms with Gasteiger partial charge in [0, 0.05) is 0 Å². The van der Waals surface area contributed by atoms with Gasteiger partial charge in [-0.2, -0.15) is 0 Å². The lowest BCUT2D eigenvalue weighted by Gasteiger charge is -2.09. The summed E-state index contributed by atoms with van der Waals surface area (Å²) >= 11 is 0. The smallest absolute Gasteiger partial charge is 0.165 e. The number of carbonyl (C=O) groups excluding carboxylic acids is 1. The van der Waals surface area contributed by atoms with Gasteiger partial charge >= 0.3 is 0 Å². The second-order valence-corrected chi connectivity index (χ2v) is 4.05. The van der Waals surface area contributed by atoms with Gasteiger partial charge in [0.05, 0.1) is 5.56 Å². The Bertz CT molecular complexity index is 547. The number of ether oxygens (including phenoxy) is 1. The number of benzene rings is 2. The molecular formula is C15H13FO2. The summed E-state index contributed by atoms with van der Waals surface area (Å²) in [7, 11) is 0. The quantitative estimate of drug-likeness (QED) is 0.769. The minimum atomic E-state index is -0.522. The first kappa shape index (κ1) is 12.3. The largest absolute Gasteiger partial charge is 0.485 e. The number of carbonyl (C=O) groups is 1. The van der Waals surface area contributed by atoms with Crippen LogP contribution in [-0.4, -0.2) is 6.29 Å². The number of halogens is 1. The van der Waals surface area contributed by atoms with Gasteiger partial charge in [0.25, 0.3) is 0 Å². The third-order valence-corrected chi connectivity index (χ3v) is 2.63. The molecule has 2 aromatic rings. The minimum absolute atomic E-state index is 0.00748. The van der Waals surface area contributed by atoms with E-state index in [0.29, 0.717) is 6.29 Å². The van der Waals surface area contributed by atoms with Crippen LogP contribution in [0.15, 0.2) is 42.5 Å². The van der Waals surface area contributed by atoms with Gasteiger partial charge in [-0.15, -0.1) is 0 Å². The van der Waals surface area contributed by atoms with E-state index in [2.05, 4.69) is 0 Å². The Labute approximate surface area is 105 Å². The van der Waals surface area contributed by atoms with Crippen LogP contribution < -0.4 is 4.74 Å². The van der Waals surface area contributed by atoms with E-state index >= 15 is 0 Å². The summed E-state index contributed by atoms with van der Waals surface area (Å²) < 4.78 is 18.9. The van der Waals surface area contributed by atoms with Crippen LogP contribution >= 0.6 is 0 Å². The Morgan fingerprint density at radius 1 is 1.17 bits per heavy atom. The highest BCUT2D eigenvalue weighted by Crippen LogP contribution is 2.22. The van der Waals surface area contributed by atoms with E-state index < -0.39 is 5.82 Å². The molecule has 0 aromatic heterocycles. The zero-order chi connectivity index (χ0) is 13.0. The van der Waals surface area contributed by atoms with Gasteiger partial charge in [-0.25, -0.2) is 4.39 Å². The maximum absolute atomic E-state index is 13.5. The Morgan fingerprint density at radius 3 is 2.56 bits per heavy atom. The van der Waals surface area contributed by atoms with Crippen molar-refractivity contribution in [2.24, 2.45) is 0 Å². The van der Waals surface area contributed by atoms with Crippen LogP contribution in [0.3, 0.4) is 0 Å². The Balaban J connectivity index is 2.15. The fraction of sp³-hybridized carbons (Fsp3) is 0.133. The predicted molar refractivity (Wildman–Crippen MR) is 67.3 cm³/mol. The number of aryl methyl sites for hydroxylation is 1. The van der Waals surface area contributed by atoms with Gasteiger partial charge in [-0.05, 0) is 24.6 Å². The molecule has 0 atom stereocenters. The standard InChI is InChI=1S/C15H13FO2/c1-11-5-7-12(8-6-11)10-18-15-13(9-17)3-2-4-14(15)16/h2-9H,10H2,1H3. The van der Waals surface area contributed by atoms with E-state index in [9.17, 15) is 9.18 Å². The van der Waals surface area contributed by atoms with E-state index in [4.69, 9.17) is 4.74 Å². The van der Waals surface area contributed by atoms with Gasteiger partial charge in [0.1, 0.15) is 6.61 Å². The molecule has 0 N–H and O–H groups in total. The van der Waals surface area contributed by atoms with Crippen molar-refractivity contribution < 1.29 is 13.9 Å². The average Bonchev–Trinajstić information content (AvgIpc) is 2.39. The summed E-state index contributed by atoms with van der Waals surface area (Å²) in [6.45, 7) is 2.23. The molecule has 0 unspecified atom stereocenters. The van der Waals surface area contributed by atoms with Crippen molar-refractivity contribution in [1.82, 2.24) is 0 Å². The van der Waals surface area contributed by atoms with Crippen LogP contribution in [0.4, 0.5) is 4.39 Å². The SMILES string of the molecule is Cc1ccc(COc2c(F)cccc2C=O)cc1. The lowest BCUT2D eigenvalue weighted by molar-refractivity contribution is 0.111. The topological polar surface area (TPSA) is 26.3 Å². The molecule has 2 aromatic carbocycles. The molecule has 0 heterocycles. The van der Waals surface area contributed by atoms with Crippen LogP contribution in [-0.2, 0) is 6.61 Å². The zero-order valence-corrected chi connectivity index (χ0v) is 10.0. The highest BCUT2D eigenvalue weighted by molar-refractivity contribution is 5.79. The molecule has 0 fully saturated rings. The van der Waals surface area contributed by atoms with Crippen molar-refractivity contribution in [1.29, 1.82) is 0 Å². The molecule has 18 heavy (non-hydrogen) atoms. The average molecular weight is 244 g/mol. The van der Waals surface area contributed by atoms with Crippen LogP contribution in [0.1, 0.15) is 21.5 Å². The van der Waals surface area contributed by atoms with Gasteiger partial charge in [-0.1, -0.05) is 35.9 Å². The minimum Gasteiger partial charge on any atom is -0.485 e. The third-order valence-electron chi connectivity index (χ3n) is 2.63. The predicted octanol–water partition coefficient (Wildman–Crippen LogP) is 3.53. The summed E-state index contributed by atoms with van der Waals surface area (Å²) in [4.78, 5) is 10.8. The molecule has 0 aliphatic heterocycles. The molecule has 0 radical (unpaired) electrons. The molecule has 0 saturated carbocycles. The van der Waals surface area contributed by atoms with Gasteiger partial charge in [0.15, 0.2) is 17.9 Å². The first-order valence-electron chi connectivity index (χ1n) is 5.63. The summed E-state index contributed by atoms with van der Waals surface area (Å²) in [6.07, 6.45) is 0.591. The summed E-state index contributed by atoms with van der Waals surface area (Å²) in [5.41, 5.74) is 2.31. The Kier molecular flexibility index (Phi) is 3.72.